The van der Waals surface area contributed by atoms with E-state index < -0.39 is 0 Å². The molecule has 0 saturated heterocycles. The summed E-state index contributed by atoms with van der Waals surface area (Å²) < 4.78 is 0. The van der Waals surface area contributed by atoms with Crippen molar-refractivity contribution in [2.45, 2.75) is 46.0 Å². The van der Waals surface area contributed by atoms with Crippen LogP contribution in [0.15, 0.2) is 18.2 Å². The molecular formula is C16H25N. The van der Waals surface area contributed by atoms with Gasteiger partial charge >= 0.3 is 0 Å². The van der Waals surface area contributed by atoms with Crippen molar-refractivity contribution in [3.8, 4) is 0 Å². The van der Waals surface area contributed by atoms with Crippen LogP contribution in [0.1, 0.15) is 42.4 Å². The molecule has 1 aromatic rings. The summed E-state index contributed by atoms with van der Waals surface area (Å²) in [6.45, 7) is 5.22. The number of nitrogens with two attached hydrogens (primary N) is 1. The van der Waals surface area contributed by atoms with Gasteiger partial charge in [0.25, 0.3) is 0 Å². The Labute approximate surface area is 105 Å². The third kappa shape index (κ3) is 3.10. The molecule has 1 aromatic carbocycles. The highest BCUT2D eigenvalue weighted by atomic mass is 14.6. The maximum atomic E-state index is 5.97. The van der Waals surface area contributed by atoms with E-state index in [0.29, 0.717) is 5.92 Å². The summed E-state index contributed by atoms with van der Waals surface area (Å²) in [7, 11) is 0. The predicted molar refractivity (Wildman–Crippen MR) is 74.1 cm³/mol. The highest BCUT2D eigenvalue weighted by molar-refractivity contribution is 5.30. The second kappa shape index (κ2) is 5.68. The van der Waals surface area contributed by atoms with Crippen LogP contribution in [0.4, 0.5) is 0 Å². The largest absolute Gasteiger partial charge is 0.330 e. The van der Waals surface area contributed by atoms with Crippen LogP contribution < -0.4 is 5.73 Å². The van der Waals surface area contributed by atoms with Crippen LogP contribution >= 0.6 is 0 Å². The molecule has 0 heterocycles. The lowest BCUT2D eigenvalue weighted by molar-refractivity contribution is 0.344. The zero-order valence-electron chi connectivity index (χ0n) is 11.2. The summed E-state index contributed by atoms with van der Waals surface area (Å²) in [6.07, 6.45) is 6.78. The zero-order valence-corrected chi connectivity index (χ0v) is 11.2. The molecule has 17 heavy (non-hydrogen) atoms. The second-order valence-corrected chi connectivity index (χ2v) is 5.66. The first kappa shape index (κ1) is 12.6. The molecule has 0 bridgehead atoms. The third-order valence-corrected chi connectivity index (χ3v) is 4.44. The van der Waals surface area contributed by atoms with Gasteiger partial charge in [-0.3, -0.25) is 0 Å². The average Bonchev–Trinajstić information content (AvgIpc) is 2.84. The van der Waals surface area contributed by atoms with Gasteiger partial charge in [0.2, 0.25) is 0 Å². The SMILES string of the molecule is Cc1ccc(CC(CN)C2CCCC2)cc1C. The van der Waals surface area contributed by atoms with Crippen molar-refractivity contribution in [1.29, 1.82) is 0 Å². The first-order valence-electron chi connectivity index (χ1n) is 6.97. The topological polar surface area (TPSA) is 26.0 Å². The monoisotopic (exact) mass is 231 g/mol. The maximum Gasteiger partial charge on any atom is -0.00430 e. The molecule has 0 aromatic heterocycles. The Hall–Kier alpha value is -0.820. The number of hydrogen-bond acceptors (Lipinski definition) is 1. The lowest BCUT2D eigenvalue weighted by Gasteiger charge is -2.22. The van der Waals surface area contributed by atoms with E-state index >= 15 is 0 Å². The summed E-state index contributed by atoms with van der Waals surface area (Å²) in [5, 5.41) is 0. The Bertz CT molecular complexity index is 364. The molecule has 1 aliphatic carbocycles. The van der Waals surface area contributed by atoms with Gasteiger partial charge in [-0.25, -0.2) is 0 Å². The van der Waals surface area contributed by atoms with Gasteiger partial charge in [-0.2, -0.15) is 0 Å². The molecule has 2 N–H and O–H groups in total. The molecule has 94 valence electrons. The van der Waals surface area contributed by atoms with Gasteiger partial charge in [0, 0.05) is 0 Å². The lowest BCUT2D eigenvalue weighted by Crippen LogP contribution is -2.24. The molecule has 1 nitrogen and oxygen atoms in total. The minimum absolute atomic E-state index is 0.694. The molecule has 1 unspecified atom stereocenters. The molecule has 2 rings (SSSR count). The minimum atomic E-state index is 0.694. The van der Waals surface area contributed by atoms with Crippen molar-refractivity contribution in [3.63, 3.8) is 0 Å². The van der Waals surface area contributed by atoms with Crippen LogP contribution in [-0.4, -0.2) is 6.54 Å². The van der Waals surface area contributed by atoms with Crippen LogP contribution in [0, 0.1) is 25.7 Å². The van der Waals surface area contributed by atoms with Crippen molar-refractivity contribution in [3.05, 3.63) is 34.9 Å². The summed E-state index contributed by atoms with van der Waals surface area (Å²) in [5.74, 6) is 1.57. The van der Waals surface area contributed by atoms with Crippen LogP contribution in [0.25, 0.3) is 0 Å². The molecule has 1 atom stereocenters. The zero-order chi connectivity index (χ0) is 12.3. The Kier molecular flexibility index (Phi) is 4.22. The van der Waals surface area contributed by atoms with Crippen LogP contribution in [0.2, 0.25) is 0 Å². The first-order chi connectivity index (χ1) is 8.20. The Morgan fingerprint density at radius 1 is 1.18 bits per heavy atom. The fourth-order valence-corrected chi connectivity index (χ4v) is 3.10. The third-order valence-electron chi connectivity index (χ3n) is 4.44. The van der Waals surface area contributed by atoms with Crippen molar-refractivity contribution >= 4 is 0 Å². The standard InChI is InChI=1S/C16H25N/c1-12-7-8-14(9-13(12)2)10-16(11-17)15-5-3-4-6-15/h7-9,15-16H,3-6,10-11,17H2,1-2H3. The Balaban J connectivity index is 2.04. The summed E-state index contributed by atoms with van der Waals surface area (Å²) >= 11 is 0. The average molecular weight is 231 g/mol. The number of aryl methyl sites for hydroxylation is 2. The van der Waals surface area contributed by atoms with E-state index in [1.165, 1.54) is 48.8 Å². The van der Waals surface area contributed by atoms with Crippen LogP contribution in [0.5, 0.6) is 0 Å². The first-order valence-corrected chi connectivity index (χ1v) is 6.97. The number of hydrogen-bond donors (Lipinski definition) is 1. The van der Waals surface area contributed by atoms with Gasteiger partial charge in [-0.15, -0.1) is 0 Å². The molecule has 0 spiro atoms. The van der Waals surface area contributed by atoms with E-state index in [-0.39, 0.29) is 0 Å². The quantitative estimate of drug-likeness (QED) is 0.841. The van der Waals surface area contributed by atoms with Gasteiger partial charge in [0.1, 0.15) is 0 Å². The molecule has 0 radical (unpaired) electrons. The van der Waals surface area contributed by atoms with Crippen LogP contribution in [0.3, 0.4) is 0 Å². The fraction of sp³-hybridized carbons (Fsp3) is 0.625. The van der Waals surface area contributed by atoms with Gasteiger partial charge in [-0.05, 0) is 55.3 Å². The summed E-state index contributed by atoms with van der Waals surface area (Å²) in [4.78, 5) is 0. The highest BCUT2D eigenvalue weighted by Crippen LogP contribution is 2.32. The molecule has 0 aliphatic heterocycles. The lowest BCUT2D eigenvalue weighted by atomic mass is 9.85. The van der Waals surface area contributed by atoms with E-state index in [4.69, 9.17) is 5.73 Å². The number of benzene rings is 1. The van der Waals surface area contributed by atoms with E-state index in [1.54, 1.807) is 0 Å². The second-order valence-electron chi connectivity index (χ2n) is 5.66. The Morgan fingerprint density at radius 2 is 1.88 bits per heavy atom. The van der Waals surface area contributed by atoms with Crippen LogP contribution in [-0.2, 0) is 6.42 Å². The van der Waals surface area contributed by atoms with Gasteiger partial charge in [0.15, 0.2) is 0 Å². The maximum absolute atomic E-state index is 5.97. The fourth-order valence-electron chi connectivity index (χ4n) is 3.10. The Morgan fingerprint density at radius 3 is 2.47 bits per heavy atom. The summed E-state index contributed by atoms with van der Waals surface area (Å²) in [6, 6.07) is 6.86. The molecule has 1 heteroatoms. The highest BCUT2D eigenvalue weighted by Gasteiger charge is 2.23. The van der Waals surface area contributed by atoms with Crippen molar-refractivity contribution in [1.82, 2.24) is 0 Å². The van der Waals surface area contributed by atoms with E-state index in [9.17, 15) is 0 Å². The van der Waals surface area contributed by atoms with E-state index in [1.807, 2.05) is 0 Å². The van der Waals surface area contributed by atoms with Crippen molar-refractivity contribution in [2.75, 3.05) is 6.54 Å². The summed E-state index contributed by atoms with van der Waals surface area (Å²) in [5.41, 5.74) is 10.2. The molecule has 0 amide bonds. The van der Waals surface area contributed by atoms with E-state index in [2.05, 4.69) is 32.0 Å². The molecular weight excluding hydrogens is 206 g/mol. The predicted octanol–water partition coefficient (Wildman–Crippen LogP) is 3.61. The number of rotatable bonds is 4. The van der Waals surface area contributed by atoms with Gasteiger partial charge < -0.3 is 5.73 Å². The molecule has 1 saturated carbocycles. The van der Waals surface area contributed by atoms with Crippen molar-refractivity contribution < 1.29 is 0 Å². The van der Waals surface area contributed by atoms with Gasteiger partial charge in [0.05, 0.1) is 0 Å². The normalized spacial score (nSPS) is 18.5. The van der Waals surface area contributed by atoms with Crippen molar-refractivity contribution in [2.24, 2.45) is 17.6 Å². The smallest absolute Gasteiger partial charge is 0.00430 e. The van der Waals surface area contributed by atoms with Gasteiger partial charge in [-0.1, -0.05) is 43.9 Å². The molecule has 1 aliphatic rings. The van der Waals surface area contributed by atoms with E-state index in [0.717, 1.165) is 12.5 Å². The minimum Gasteiger partial charge on any atom is -0.330 e. The molecule has 1 fully saturated rings.